The summed E-state index contributed by atoms with van der Waals surface area (Å²) in [5, 5.41) is 0.862. The first-order valence-electron chi connectivity index (χ1n) is 6.81. The first-order chi connectivity index (χ1) is 8.31. The predicted octanol–water partition coefficient (Wildman–Crippen LogP) is 4.67. The van der Waals surface area contributed by atoms with Crippen LogP contribution in [0.25, 0.3) is 0 Å². The highest BCUT2D eigenvalue weighted by Gasteiger charge is 2.21. The lowest BCUT2D eigenvalue weighted by Crippen LogP contribution is -2.33. The lowest BCUT2D eigenvalue weighted by Gasteiger charge is -2.35. The lowest BCUT2D eigenvalue weighted by molar-refractivity contribution is 0.155. The van der Waals surface area contributed by atoms with Gasteiger partial charge in [-0.3, -0.25) is 4.90 Å². The van der Waals surface area contributed by atoms with Crippen LogP contribution in [0.5, 0.6) is 0 Å². The highest BCUT2D eigenvalue weighted by atomic mass is 35.5. The van der Waals surface area contributed by atoms with Crippen molar-refractivity contribution in [3.05, 3.63) is 34.9 Å². The van der Waals surface area contributed by atoms with Crippen LogP contribution in [0.15, 0.2) is 24.3 Å². The van der Waals surface area contributed by atoms with Crippen molar-refractivity contribution in [3.8, 4) is 0 Å². The second-order valence-electron chi connectivity index (χ2n) is 4.96. The molecule has 94 valence electrons. The highest BCUT2D eigenvalue weighted by Crippen LogP contribution is 2.29. The normalized spacial score (nSPS) is 19.2. The van der Waals surface area contributed by atoms with Crippen LogP contribution < -0.4 is 0 Å². The van der Waals surface area contributed by atoms with Crippen molar-refractivity contribution in [3.63, 3.8) is 0 Å². The minimum Gasteiger partial charge on any atom is -0.296 e. The summed E-state index contributed by atoms with van der Waals surface area (Å²) in [6.45, 7) is 4.76. The number of nitrogens with zero attached hydrogens (tertiary/aromatic N) is 1. The molecule has 0 amide bonds. The van der Waals surface area contributed by atoms with E-state index in [4.69, 9.17) is 11.6 Å². The van der Waals surface area contributed by atoms with Gasteiger partial charge in [-0.05, 0) is 50.0 Å². The molecule has 0 N–H and O–H groups in total. The van der Waals surface area contributed by atoms with E-state index in [1.54, 1.807) is 0 Å². The van der Waals surface area contributed by atoms with Gasteiger partial charge in [-0.2, -0.15) is 0 Å². The van der Waals surface area contributed by atoms with E-state index in [1.807, 2.05) is 6.07 Å². The second kappa shape index (κ2) is 6.42. The molecule has 0 unspecified atom stereocenters. The van der Waals surface area contributed by atoms with Crippen molar-refractivity contribution in [2.75, 3.05) is 13.1 Å². The Morgan fingerprint density at radius 2 is 2.00 bits per heavy atom. The maximum Gasteiger partial charge on any atom is 0.0409 e. The Morgan fingerprint density at radius 1 is 1.24 bits per heavy atom. The minimum absolute atomic E-state index is 0.569. The average molecular weight is 252 g/mol. The van der Waals surface area contributed by atoms with Gasteiger partial charge in [0.1, 0.15) is 0 Å². The molecular formula is C15H22ClN. The van der Waals surface area contributed by atoms with Crippen LogP contribution in [0.4, 0.5) is 0 Å². The zero-order chi connectivity index (χ0) is 12.1. The van der Waals surface area contributed by atoms with E-state index >= 15 is 0 Å². The average Bonchev–Trinajstić information content (AvgIpc) is 2.37. The Morgan fingerprint density at radius 3 is 2.65 bits per heavy atom. The van der Waals surface area contributed by atoms with Crippen LogP contribution in [-0.4, -0.2) is 18.0 Å². The van der Waals surface area contributed by atoms with Crippen LogP contribution >= 0.6 is 11.6 Å². The summed E-state index contributed by atoms with van der Waals surface area (Å²) >= 11 is 6.11. The maximum absolute atomic E-state index is 6.11. The van der Waals surface area contributed by atoms with E-state index in [-0.39, 0.29) is 0 Å². The summed E-state index contributed by atoms with van der Waals surface area (Å²) in [4.78, 5) is 2.64. The lowest BCUT2D eigenvalue weighted by atomic mass is 9.98. The topological polar surface area (TPSA) is 3.24 Å². The molecule has 1 atom stereocenters. The molecule has 17 heavy (non-hydrogen) atoms. The van der Waals surface area contributed by atoms with Gasteiger partial charge in [-0.1, -0.05) is 43.5 Å². The van der Waals surface area contributed by atoms with Crippen LogP contribution in [-0.2, 0) is 0 Å². The predicted molar refractivity (Wildman–Crippen MR) is 74.5 cm³/mol. The largest absolute Gasteiger partial charge is 0.296 e. The van der Waals surface area contributed by atoms with Crippen molar-refractivity contribution >= 4 is 11.6 Å². The molecule has 0 aromatic heterocycles. The van der Waals surface area contributed by atoms with Gasteiger partial charge in [0.25, 0.3) is 0 Å². The molecular weight excluding hydrogens is 230 g/mol. The monoisotopic (exact) mass is 251 g/mol. The molecule has 1 aromatic rings. The summed E-state index contributed by atoms with van der Waals surface area (Å²) in [5.74, 6) is 0. The Kier molecular flexibility index (Phi) is 4.87. The van der Waals surface area contributed by atoms with Gasteiger partial charge in [0.05, 0.1) is 0 Å². The quantitative estimate of drug-likeness (QED) is 0.752. The van der Waals surface area contributed by atoms with Gasteiger partial charge in [0.2, 0.25) is 0 Å². The van der Waals surface area contributed by atoms with E-state index < -0.39 is 0 Å². The molecule has 0 radical (unpaired) electrons. The third kappa shape index (κ3) is 3.46. The summed E-state index contributed by atoms with van der Waals surface area (Å²) in [6, 6.07) is 8.96. The molecule has 1 aliphatic heterocycles. The minimum atomic E-state index is 0.569. The van der Waals surface area contributed by atoms with Crippen LogP contribution in [0.3, 0.4) is 0 Å². The smallest absolute Gasteiger partial charge is 0.0409 e. The Bertz CT molecular complexity index is 345. The second-order valence-corrected chi connectivity index (χ2v) is 5.39. The Hall–Kier alpha value is -0.530. The van der Waals surface area contributed by atoms with Gasteiger partial charge in [-0.25, -0.2) is 0 Å². The fraction of sp³-hybridized carbons (Fsp3) is 0.600. The molecule has 2 heteroatoms. The zero-order valence-corrected chi connectivity index (χ0v) is 11.4. The van der Waals surface area contributed by atoms with Gasteiger partial charge >= 0.3 is 0 Å². The number of hydrogen-bond acceptors (Lipinski definition) is 1. The fourth-order valence-corrected chi connectivity index (χ4v) is 2.98. The molecule has 1 aliphatic rings. The highest BCUT2D eigenvalue weighted by molar-refractivity contribution is 6.30. The van der Waals surface area contributed by atoms with Gasteiger partial charge < -0.3 is 0 Å². The molecule has 1 heterocycles. The van der Waals surface area contributed by atoms with Crippen molar-refractivity contribution in [2.45, 2.75) is 45.1 Å². The molecule has 0 aliphatic carbocycles. The number of rotatable bonds is 4. The van der Waals surface area contributed by atoms with Gasteiger partial charge in [0, 0.05) is 11.1 Å². The molecule has 1 saturated heterocycles. The van der Waals surface area contributed by atoms with Crippen LogP contribution in [0.2, 0.25) is 5.02 Å². The maximum atomic E-state index is 6.11. The van der Waals surface area contributed by atoms with Crippen LogP contribution in [0.1, 0.15) is 50.6 Å². The number of benzene rings is 1. The van der Waals surface area contributed by atoms with Gasteiger partial charge in [0.15, 0.2) is 0 Å². The van der Waals surface area contributed by atoms with E-state index in [1.165, 1.54) is 50.8 Å². The van der Waals surface area contributed by atoms with Crippen molar-refractivity contribution in [1.29, 1.82) is 0 Å². The molecule has 1 nitrogen and oxygen atoms in total. The van der Waals surface area contributed by atoms with E-state index in [0.29, 0.717) is 6.04 Å². The first-order valence-corrected chi connectivity index (χ1v) is 7.18. The summed E-state index contributed by atoms with van der Waals surface area (Å²) in [5.41, 5.74) is 1.39. The fourth-order valence-electron chi connectivity index (χ4n) is 2.78. The first kappa shape index (κ1) is 12.9. The molecule has 1 aromatic carbocycles. The summed E-state index contributed by atoms with van der Waals surface area (Å²) < 4.78 is 0. The standard InChI is InChI=1S/C15H22ClN/c1-2-7-15(17-10-4-3-5-11-17)13-8-6-9-14(16)12-13/h6,8-9,12,15H,2-5,7,10-11H2,1H3/t15-/m1/s1. The van der Waals surface area contributed by atoms with Gasteiger partial charge in [-0.15, -0.1) is 0 Å². The zero-order valence-electron chi connectivity index (χ0n) is 10.7. The molecule has 0 saturated carbocycles. The summed E-state index contributed by atoms with van der Waals surface area (Å²) in [6.07, 6.45) is 6.56. The number of halogens is 1. The molecule has 1 fully saturated rings. The van der Waals surface area contributed by atoms with E-state index in [9.17, 15) is 0 Å². The molecule has 0 bridgehead atoms. The van der Waals surface area contributed by atoms with E-state index in [2.05, 4.69) is 30.0 Å². The van der Waals surface area contributed by atoms with Crippen LogP contribution in [0, 0.1) is 0 Å². The van der Waals surface area contributed by atoms with Crippen molar-refractivity contribution in [2.24, 2.45) is 0 Å². The third-order valence-corrected chi connectivity index (χ3v) is 3.86. The number of hydrogen-bond donors (Lipinski definition) is 0. The van der Waals surface area contributed by atoms with Crippen molar-refractivity contribution < 1.29 is 0 Å². The van der Waals surface area contributed by atoms with E-state index in [0.717, 1.165) is 5.02 Å². The molecule has 0 spiro atoms. The van der Waals surface area contributed by atoms with Crippen molar-refractivity contribution in [1.82, 2.24) is 4.90 Å². The molecule has 2 rings (SSSR count). The number of piperidine rings is 1. The Balaban J connectivity index is 2.15. The SMILES string of the molecule is CCC[C@H](c1cccc(Cl)c1)N1CCCCC1. The Labute approximate surface area is 110 Å². The third-order valence-electron chi connectivity index (χ3n) is 3.63. The summed E-state index contributed by atoms with van der Waals surface area (Å²) in [7, 11) is 0. The number of likely N-dealkylation sites (tertiary alicyclic amines) is 1.